The van der Waals surface area contributed by atoms with E-state index in [1.54, 1.807) is 4.90 Å². The summed E-state index contributed by atoms with van der Waals surface area (Å²) < 4.78 is 0. The third-order valence-electron chi connectivity index (χ3n) is 2.79. The van der Waals surface area contributed by atoms with Gasteiger partial charge in [0.1, 0.15) is 0 Å². The Morgan fingerprint density at radius 3 is 2.71 bits per heavy atom. The molecule has 0 unspecified atom stereocenters. The molecule has 4 nitrogen and oxygen atoms in total. The first-order valence-corrected chi connectivity index (χ1v) is 5.03. The molecule has 80 valence electrons. The molecule has 1 N–H and O–H groups in total. The summed E-state index contributed by atoms with van der Waals surface area (Å²) in [7, 11) is 0. The van der Waals surface area contributed by atoms with Crippen LogP contribution in [0.2, 0.25) is 0 Å². The van der Waals surface area contributed by atoms with Crippen molar-refractivity contribution in [3.05, 3.63) is 0 Å². The first-order chi connectivity index (χ1) is 6.47. The van der Waals surface area contributed by atoms with Gasteiger partial charge >= 0.3 is 0 Å². The maximum atomic E-state index is 11.9. The number of rotatable bonds is 2. The highest BCUT2D eigenvalue weighted by Crippen LogP contribution is 2.23. The highest BCUT2D eigenvalue weighted by atomic mass is 16.2. The molecule has 0 atom stereocenters. The standard InChI is InChI=1S/C10H18N2O2/c1-4-10(2,3)9(14)12-6-5-11-8(13)7-12/h4-7H2,1-3H3,(H,11,13). The van der Waals surface area contributed by atoms with Crippen LogP contribution in [-0.4, -0.2) is 36.3 Å². The van der Waals surface area contributed by atoms with Crippen LogP contribution in [0, 0.1) is 5.41 Å². The van der Waals surface area contributed by atoms with Crippen molar-refractivity contribution in [2.45, 2.75) is 27.2 Å². The minimum absolute atomic E-state index is 0.0588. The Morgan fingerprint density at radius 2 is 2.21 bits per heavy atom. The average molecular weight is 198 g/mol. The van der Waals surface area contributed by atoms with Gasteiger partial charge in [-0.25, -0.2) is 0 Å². The number of nitrogens with zero attached hydrogens (tertiary/aromatic N) is 1. The van der Waals surface area contributed by atoms with Crippen LogP contribution in [0.3, 0.4) is 0 Å². The van der Waals surface area contributed by atoms with E-state index in [-0.39, 0.29) is 23.8 Å². The minimum Gasteiger partial charge on any atom is -0.353 e. The summed E-state index contributed by atoms with van der Waals surface area (Å²) in [4.78, 5) is 24.7. The molecule has 4 heteroatoms. The van der Waals surface area contributed by atoms with E-state index in [0.717, 1.165) is 6.42 Å². The average Bonchev–Trinajstić information content (AvgIpc) is 2.16. The number of nitrogens with one attached hydrogen (secondary N) is 1. The predicted molar refractivity (Wildman–Crippen MR) is 53.7 cm³/mol. The van der Waals surface area contributed by atoms with E-state index in [9.17, 15) is 9.59 Å². The molecule has 0 aromatic carbocycles. The molecule has 0 aliphatic carbocycles. The van der Waals surface area contributed by atoms with Crippen LogP contribution < -0.4 is 5.32 Å². The number of piperazine rings is 1. The molecule has 1 heterocycles. The van der Waals surface area contributed by atoms with Crippen molar-refractivity contribution >= 4 is 11.8 Å². The summed E-state index contributed by atoms with van der Waals surface area (Å²) in [6.45, 7) is 7.24. The number of hydrogen-bond donors (Lipinski definition) is 1. The Morgan fingerprint density at radius 1 is 1.57 bits per heavy atom. The zero-order chi connectivity index (χ0) is 10.8. The molecule has 0 radical (unpaired) electrons. The molecule has 1 aliphatic rings. The maximum Gasteiger partial charge on any atom is 0.239 e. The molecule has 0 aromatic heterocycles. The van der Waals surface area contributed by atoms with Gasteiger partial charge in [0.05, 0.1) is 6.54 Å². The second kappa shape index (κ2) is 3.98. The Bertz CT molecular complexity index is 249. The van der Waals surface area contributed by atoms with Crippen LogP contribution in [-0.2, 0) is 9.59 Å². The molecule has 1 saturated heterocycles. The molecule has 0 spiro atoms. The van der Waals surface area contributed by atoms with Gasteiger partial charge in [0.15, 0.2) is 0 Å². The fourth-order valence-electron chi connectivity index (χ4n) is 1.39. The molecule has 1 rings (SSSR count). The van der Waals surface area contributed by atoms with Gasteiger partial charge in [-0.3, -0.25) is 9.59 Å². The van der Waals surface area contributed by atoms with Gasteiger partial charge in [0.25, 0.3) is 0 Å². The topological polar surface area (TPSA) is 49.4 Å². The van der Waals surface area contributed by atoms with E-state index >= 15 is 0 Å². The molecule has 2 amide bonds. The van der Waals surface area contributed by atoms with Crippen molar-refractivity contribution in [1.29, 1.82) is 0 Å². The minimum atomic E-state index is -0.350. The highest BCUT2D eigenvalue weighted by Gasteiger charge is 2.32. The van der Waals surface area contributed by atoms with Gasteiger partial charge in [0.2, 0.25) is 11.8 Å². The summed E-state index contributed by atoms with van der Waals surface area (Å²) in [6, 6.07) is 0. The number of carbonyl (C=O) groups excluding carboxylic acids is 2. The predicted octanol–water partition coefficient (Wildman–Crippen LogP) is 0.381. The van der Waals surface area contributed by atoms with Gasteiger partial charge in [-0.15, -0.1) is 0 Å². The van der Waals surface area contributed by atoms with Crippen LogP contribution in [0.25, 0.3) is 0 Å². The lowest BCUT2D eigenvalue weighted by molar-refractivity contribution is -0.145. The van der Waals surface area contributed by atoms with E-state index in [0.29, 0.717) is 13.1 Å². The second-order valence-corrected chi connectivity index (χ2v) is 4.31. The SMILES string of the molecule is CCC(C)(C)C(=O)N1CCNC(=O)C1. The van der Waals surface area contributed by atoms with E-state index < -0.39 is 0 Å². The van der Waals surface area contributed by atoms with Gasteiger partial charge < -0.3 is 10.2 Å². The monoisotopic (exact) mass is 198 g/mol. The smallest absolute Gasteiger partial charge is 0.239 e. The lowest BCUT2D eigenvalue weighted by Gasteiger charge is -2.33. The molecule has 0 aromatic rings. The molecular weight excluding hydrogens is 180 g/mol. The summed E-state index contributed by atoms with van der Waals surface area (Å²) >= 11 is 0. The van der Waals surface area contributed by atoms with Gasteiger partial charge in [-0.1, -0.05) is 20.8 Å². The van der Waals surface area contributed by atoms with E-state index in [1.807, 2.05) is 20.8 Å². The highest BCUT2D eigenvalue weighted by molar-refractivity contribution is 5.88. The molecule has 1 fully saturated rings. The largest absolute Gasteiger partial charge is 0.353 e. The van der Waals surface area contributed by atoms with Crippen molar-refractivity contribution in [2.75, 3.05) is 19.6 Å². The fourth-order valence-corrected chi connectivity index (χ4v) is 1.39. The lowest BCUT2D eigenvalue weighted by atomic mass is 9.88. The normalized spacial score (nSPS) is 17.9. The van der Waals surface area contributed by atoms with Gasteiger partial charge in [-0.2, -0.15) is 0 Å². The van der Waals surface area contributed by atoms with E-state index in [4.69, 9.17) is 0 Å². The third-order valence-corrected chi connectivity index (χ3v) is 2.79. The van der Waals surface area contributed by atoms with Crippen LogP contribution in [0.5, 0.6) is 0 Å². The Hall–Kier alpha value is -1.06. The molecule has 14 heavy (non-hydrogen) atoms. The number of hydrogen-bond acceptors (Lipinski definition) is 2. The van der Waals surface area contributed by atoms with Crippen molar-refractivity contribution in [3.63, 3.8) is 0 Å². The second-order valence-electron chi connectivity index (χ2n) is 4.31. The van der Waals surface area contributed by atoms with Crippen molar-refractivity contribution in [3.8, 4) is 0 Å². The number of amides is 2. The van der Waals surface area contributed by atoms with Crippen molar-refractivity contribution < 1.29 is 9.59 Å². The van der Waals surface area contributed by atoms with Gasteiger partial charge in [-0.05, 0) is 6.42 Å². The van der Waals surface area contributed by atoms with Crippen LogP contribution >= 0.6 is 0 Å². The zero-order valence-corrected chi connectivity index (χ0v) is 9.09. The molecule has 0 saturated carbocycles. The molecule has 1 aliphatic heterocycles. The van der Waals surface area contributed by atoms with E-state index in [2.05, 4.69) is 5.32 Å². The fraction of sp³-hybridized carbons (Fsp3) is 0.800. The Labute approximate surface area is 84.7 Å². The first-order valence-electron chi connectivity index (χ1n) is 5.03. The summed E-state index contributed by atoms with van der Waals surface area (Å²) in [6.07, 6.45) is 0.796. The van der Waals surface area contributed by atoms with Gasteiger partial charge in [0, 0.05) is 18.5 Å². The van der Waals surface area contributed by atoms with Crippen LogP contribution in [0.15, 0.2) is 0 Å². The van der Waals surface area contributed by atoms with Crippen molar-refractivity contribution in [1.82, 2.24) is 10.2 Å². The van der Waals surface area contributed by atoms with Crippen LogP contribution in [0.4, 0.5) is 0 Å². The van der Waals surface area contributed by atoms with Crippen LogP contribution in [0.1, 0.15) is 27.2 Å². The van der Waals surface area contributed by atoms with E-state index in [1.165, 1.54) is 0 Å². The first kappa shape index (κ1) is 11.0. The maximum absolute atomic E-state index is 11.9. The molecule has 0 bridgehead atoms. The van der Waals surface area contributed by atoms with Crippen molar-refractivity contribution in [2.24, 2.45) is 5.41 Å². The summed E-state index contributed by atoms with van der Waals surface area (Å²) in [5.74, 6) is 0.0198. The molecular formula is C10H18N2O2. The third kappa shape index (κ3) is 2.25. The summed E-state index contributed by atoms with van der Waals surface area (Å²) in [5.41, 5.74) is -0.350. The Kier molecular flexibility index (Phi) is 3.13. The lowest BCUT2D eigenvalue weighted by Crippen LogP contribution is -2.53. The quantitative estimate of drug-likeness (QED) is 0.697. The Balaban J connectivity index is 2.64. The number of carbonyl (C=O) groups is 2. The zero-order valence-electron chi connectivity index (χ0n) is 9.09. The summed E-state index contributed by atoms with van der Waals surface area (Å²) in [5, 5.41) is 2.70.